The van der Waals surface area contributed by atoms with Crippen LogP contribution in [0.3, 0.4) is 0 Å². The zero-order valence-corrected chi connectivity index (χ0v) is 11.4. The minimum absolute atomic E-state index is 0.0690. The molecule has 0 radical (unpaired) electrons. The van der Waals surface area contributed by atoms with Crippen molar-refractivity contribution in [2.45, 2.75) is 58.5 Å². The van der Waals surface area contributed by atoms with Gasteiger partial charge in [0.2, 0.25) is 0 Å². The number of carboxylic acid groups (broad SMARTS) is 1. The lowest BCUT2D eigenvalue weighted by molar-refractivity contribution is -0.181. The zero-order valence-electron chi connectivity index (χ0n) is 11.4. The Kier molecular flexibility index (Phi) is 2.58. The van der Waals surface area contributed by atoms with Crippen LogP contribution in [0.5, 0.6) is 0 Å². The van der Waals surface area contributed by atoms with Crippen molar-refractivity contribution in [3.8, 4) is 0 Å². The molecule has 4 bridgehead atoms. The lowest BCUT2D eigenvalue weighted by atomic mass is 9.42. The van der Waals surface area contributed by atoms with Crippen molar-refractivity contribution >= 4 is 5.97 Å². The van der Waals surface area contributed by atoms with Crippen molar-refractivity contribution in [3.05, 3.63) is 0 Å². The Morgan fingerprint density at radius 2 is 1.50 bits per heavy atom. The Balaban J connectivity index is 1.93. The van der Waals surface area contributed by atoms with Crippen LogP contribution in [0.4, 0.5) is 0 Å². The number of aliphatic hydroxyl groups is 1. The molecule has 4 aliphatic carbocycles. The normalized spacial score (nSPS) is 44.1. The van der Waals surface area contributed by atoms with Gasteiger partial charge in [0.05, 0.1) is 0 Å². The van der Waals surface area contributed by atoms with E-state index in [4.69, 9.17) is 5.11 Å². The maximum absolute atomic E-state index is 11.2. The molecule has 0 saturated heterocycles. The highest BCUT2D eigenvalue weighted by molar-refractivity contribution is 5.73. The number of hydrogen-bond donors (Lipinski definition) is 2. The Bertz CT molecular complexity index is 337. The molecular weight excluding hydrogens is 228 g/mol. The van der Waals surface area contributed by atoms with Gasteiger partial charge in [-0.15, -0.1) is 0 Å². The molecule has 1 atom stereocenters. The van der Waals surface area contributed by atoms with Crippen LogP contribution >= 0.6 is 0 Å². The Labute approximate surface area is 109 Å². The quantitative estimate of drug-likeness (QED) is 0.812. The number of aliphatic carboxylic acids is 1. The first-order valence-corrected chi connectivity index (χ1v) is 7.25. The van der Waals surface area contributed by atoms with Crippen LogP contribution in [0.25, 0.3) is 0 Å². The van der Waals surface area contributed by atoms with Gasteiger partial charge in [-0.2, -0.15) is 0 Å². The van der Waals surface area contributed by atoms with E-state index in [0.29, 0.717) is 0 Å². The van der Waals surface area contributed by atoms with E-state index in [0.717, 1.165) is 37.0 Å². The van der Waals surface area contributed by atoms with Crippen molar-refractivity contribution in [2.24, 2.45) is 28.6 Å². The summed E-state index contributed by atoms with van der Waals surface area (Å²) in [5.41, 5.74) is -0.436. The predicted molar refractivity (Wildman–Crippen MR) is 68.0 cm³/mol. The summed E-state index contributed by atoms with van der Waals surface area (Å²) in [6.07, 6.45) is 6.21. The van der Waals surface area contributed by atoms with Gasteiger partial charge in [-0.3, -0.25) is 0 Å². The molecule has 102 valence electrons. The molecule has 4 aliphatic rings. The summed E-state index contributed by atoms with van der Waals surface area (Å²) in [7, 11) is 0. The molecule has 18 heavy (non-hydrogen) atoms. The number of aliphatic hydroxyl groups excluding tert-OH is 1. The van der Waals surface area contributed by atoms with E-state index in [1.54, 1.807) is 0 Å². The van der Waals surface area contributed by atoms with Crippen LogP contribution in [0.1, 0.15) is 52.4 Å². The van der Waals surface area contributed by atoms with Crippen molar-refractivity contribution in [1.29, 1.82) is 0 Å². The lowest BCUT2D eigenvalue weighted by Crippen LogP contribution is -2.57. The molecule has 4 saturated carbocycles. The SMILES string of the molecule is CC(C)(C(O)C(=O)O)C12CC3CC(CC(C3)C1)C2. The molecule has 0 spiro atoms. The minimum Gasteiger partial charge on any atom is -0.479 e. The standard InChI is InChI=1S/C15H24O3/c1-14(2,12(16)13(17)18)15-6-9-3-10(7-15)5-11(4-9)8-15/h9-12,16H,3-8H2,1-2H3,(H,17,18). The number of carboxylic acids is 1. The molecule has 4 rings (SSSR count). The van der Waals surface area contributed by atoms with E-state index < -0.39 is 17.5 Å². The van der Waals surface area contributed by atoms with Crippen molar-refractivity contribution in [3.63, 3.8) is 0 Å². The van der Waals surface area contributed by atoms with Crippen LogP contribution in [-0.2, 0) is 4.79 Å². The first-order chi connectivity index (χ1) is 8.34. The Hall–Kier alpha value is -0.570. The summed E-state index contributed by atoms with van der Waals surface area (Å²) in [4.78, 5) is 11.2. The topological polar surface area (TPSA) is 57.5 Å². The number of carbonyl (C=O) groups is 1. The van der Waals surface area contributed by atoms with Crippen LogP contribution in [0.15, 0.2) is 0 Å². The van der Waals surface area contributed by atoms with Gasteiger partial charge in [0.25, 0.3) is 0 Å². The summed E-state index contributed by atoms with van der Waals surface area (Å²) >= 11 is 0. The third-order valence-electron chi connectivity index (χ3n) is 6.32. The third-order valence-corrected chi connectivity index (χ3v) is 6.32. The second-order valence-corrected chi connectivity index (χ2v) is 7.66. The van der Waals surface area contributed by atoms with Crippen molar-refractivity contribution in [2.75, 3.05) is 0 Å². The average Bonchev–Trinajstić information content (AvgIpc) is 2.25. The Morgan fingerprint density at radius 1 is 1.11 bits per heavy atom. The zero-order chi connectivity index (χ0) is 13.1. The van der Waals surface area contributed by atoms with Crippen LogP contribution < -0.4 is 0 Å². The van der Waals surface area contributed by atoms with Crippen molar-refractivity contribution in [1.82, 2.24) is 0 Å². The van der Waals surface area contributed by atoms with E-state index >= 15 is 0 Å². The summed E-state index contributed by atoms with van der Waals surface area (Å²) < 4.78 is 0. The molecule has 0 aromatic heterocycles. The highest BCUT2D eigenvalue weighted by atomic mass is 16.4. The molecule has 2 N–H and O–H groups in total. The molecular formula is C15H24O3. The fraction of sp³-hybridized carbons (Fsp3) is 0.933. The monoisotopic (exact) mass is 252 g/mol. The highest BCUT2D eigenvalue weighted by Gasteiger charge is 2.59. The summed E-state index contributed by atoms with van der Waals surface area (Å²) in [6.45, 7) is 3.94. The maximum atomic E-state index is 11.2. The van der Waals surface area contributed by atoms with Crippen LogP contribution in [0, 0.1) is 28.6 Å². The molecule has 0 aromatic carbocycles. The molecule has 1 unspecified atom stereocenters. The van der Waals surface area contributed by atoms with E-state index in [-0.39, 0.29) is 5.41 Å². The average molecular weight is 252 g/mol. The number of rotatable bonds is 3. The van der Waals surface area contributed by atoms with E-state index in [1.165, 1.54) is 19.3 Å². The highest BCUT2D eigenvalue weighted by Crippen LogP contribution is 2.66. The van der Waals surface area contributed by atoms with Crippen LogP contribution in [0.2, 0.25) is 0 Å². The molecule has 0 aliphatic heterocycles. The van der Waals surface area contributed by atoms with Gasteiger partial charge < -0.3 is 10.2 Å². The van der Waals surface area contributed by atoms with Gasteiger partial charge in [0, 0.05) is 5.41 Å². The van der Waals surface area contributed by atoms with E-state index in [1.807, 2.05) is 13.8 Å². The second kappa shape index (κ2) is 3.72. The number of hydrogen-bond acceptors (Lipinski definition) is 2. The van der Waals surface area contributed by atoms with Gasteiger partial charge in [0.15, 0.2) is 6.10 Å². The van der Waals surface area contributed by atoms with Gasteiger partial charge in [0.1, 0.15) is 0 Å². The first-order valence-electron chi connectivity index (χ1n) is 7.25. The molecule has 0 amide bonds. The van der Waals surface area contributed by atoms with Gasteiger partial charge in [-0.25, -0.2) is 4.79 Å². The maximum Gasteiger partial charge on any atom is 0.333 e. The van der Waals surface area contributed by atoms with Crippen LogP contribution in [-0.4, -0.2) is 22.3 Å². The predicted octanol–water partition coefficient (Wildman–Crippen LogP) is 2.67. The summed E-state index contributed by atoms with van der Waals surface area (Å²) in [5.74, 6) is 1.31. The molecule has 0 heterocycles. The van der Waals surface area contributed by atoms with Gasteiger partial charge in [-0.1, -0.05) is 13.8 Å². The smallest absolute Gasteiger partial charge is 0.333 e. The molecule has 4 fully saturated rings. The second-order valence-electron chi connectivity index (χ2n) is 7.66. The fourth-order valence-electron chi connectivity index (χ4n) is 5.50. The fourth-order valence-corrected chi connectivity index (χ4v) is 5.50. The largest absolute Gasteiger partial charge is 0.479 e. The molecule has 0 aromatic rings. The summed E-state index contributed by atoms with van der Waals surface area (Å²) in [5, 5.41) is 19.3. The van der Waals surface area contributed by atoms with Gasteiger partial charge >= 0.3 is 5.97 Å². The first kappa shape index (κ1) is 12.5. The van der Waals surface area contributed by atoms with E-state index in [9.17, 15) is 9.90 Å². The molecule has 3 nitrogen and oxygen atoms in total. The molecule has 3 heteroatoms. The third kappa shape index (κ3) is 1.56. The Morgan fingerprint density at radius 3 is 1.83 bits per heavy atom. The van der Waals surface area contributed by atoms with Gasteiger partial charge in [-0.05, 0) is 61.7 Å². The minimum atomic E-state index is -1.23. The lowest BCUT2D eigenvalue weighted by Gasteiger charge is -2.63. The van der Waals surface area contributed by atoms with Crippen molar-refractivity contribution < 1.29 is 15.0 Å². The summed E-state index contributed by atoms with van der Waals surface area (Å²) in [6, 6.07) is 0. The van der Waals surface area contributed by atoms with E-state index in [2.05, 4.69) is 0 Å².